The summed E-state index contributed by atoms with van der Waals surface area (Å²) in [5.41, 5.74) is 4.31. The quantitative estimate of drug-likeness (QED) is 0.549. The molecule has 0 atom stereocenters. The summed E-state index contributed by atoms with van der Waals surface area (Å²) in [6.45, 7) is 5.46. The van der Waals surface area contributed by atoms with E-state index in [1.165, 1.54) is 4.31 Å². The number of fused-ring (bicyclic) bond motifs is 1. The van der Waals surface area contributed by atoms with E-state index in [0.717, 1.165) is 27.7 Å². The van der Waals surface area contributed by atoms with Crippen LogP contribution in [0.1, 0.15) is 33.6 Å². The maximum Gasteiger partial charge on any atom is 0.243 e. The topological polar surface area (TPSA) is 76.6 Å². The average Bonchev–Trinajstić information content (AvgIpc) is 2.78. The lowest BCUT2D eigenvalue weighted by atomic mass is 10.00. The van der Waals surface area contributed by atoms with Crippen LogP contribution >= 0.6 is 0 Å². The molecule has 1 fully saturated rings. The van der Waals surface area contributed by atoms with Gasteiger partial charge in [0.1, 0.15) is 0 Å². The molecule has 0 spiro atoms. The first-order valence-electron chi connectivity index (χ1n) is 10.4. The summed E-state index contributed by atoms with van der Waals surface area (Å²) in [5.74, 6) is 0.0402. The molecule has 7 heteroatoms. The smallest absolute Gasteiger partial charge is 0.243 e. The maximum absolute atomic E-state index is 12.8. The Kier molecular flexibility index (Phi) is 6.18. The van der Waals surface area contributed by atoms with E-state index >= 15 is 0 Å². The van der Waals surface area contributed by atoms with Crippen molar-refractivity contribution < 1.29 is 17.9 Å². The van der Waals surface area contributed by atoms with E-state index in [0.29, 0.717) is 44.7 Å². The van der Waals surface area contributed by atoms with Gasteiger partial charge in [0.05, 0.1) is 23.6 Å². The minimum absolute atomic E-state index is 0.0402. The van der Waals surface area contributed by atoms with Crippen molar-refractivity contribution in [1.29, 1.82) is 0 Å². The Morgan fingerprint density at radius 1 is 1.03 bits per heavy atom. The van der Waals surface area contributed by atoms with Crippen LogP contribution in [-0.4, -0.2) is 49.8 Å². The number of benzene rings is 2. The molecule has 0 aliphatic carbocycles. The third-order valence-electron chi connectivity index (χ3n) is 5.63. The van der Waals surface area contributed by atoms with Crippen molar-refractivity contribution in [1.82, 2.24) is 9.29 Å². The molecule has 1 aliphatic heterocycles. The second-order valence-corrected chi connectivity index (χ2v) is 9.84. The van der Waals surface area contributed by atoms with Gasteiger partial charge < -0.3 is 4.74 Å². The number of hydrogen-bond donors (Lipinski definition) is 0. The Labute approximate surface area is 182 Å². The molecule has 3 aromatic rings. The van der Waals surface area contributed by atoms with Crippen LogP contribution in [0.4, 0.5) is 0 Å². The molecule has 1 saturated heterocycles. The minimum atomic E-state index is -3.50. The van der Waals surface area contributed by atoms with Gasteiger partial charge in [-0.3, -0.25) is 9.78 Å². The Bertz CT molecular complexity index is 1210. The van der Waals surface area contributed by atoms with Gasteiger partial charge >= 0.3 is 0 Å². The predicted octanol–water partition coefficient (Wildman–Crippen LogP) is 3.69. The largest absolute Gasteiger partial charge is 0.379 e. The minimum Gasteiger partial charge on any atom is -0.379 e. The van der Waals surface area contributed by atoms with Crippen LogP contribution in [0, 0.1) is 13.8 Å². The number of aryl methyl sites for hydroxylation is 3. The molecule has 0 saturated carbocycles. The summed E-state index contributed by atoms with van der Waals surface area (Å²) in [7, 11) is -3.50. The van der Waals surface area contributed by atoms with Crippen molar-refractivity contribution in [3.63, 3.8) is 0 Å². The number of morpholine rings is 1. The summed E-state index contributed by atoms with van der Waals surface area (Å²) in [6, 6.07) is 14.8. The SMILES string of the molecule is Cc1ccc2nc(C)c(C(=O)CCc3ccc(S(=O)(=O)N4CCOCC4)cc3)cc2c1. The standard InChI is InChI=1S/C24H26N2O4S/c1-17-3-9-23-20(15-17)16-22(18(2)25-23)24(27)10-6-19-4-7-21(8-5-19)31(28,29)26-11-13-30-14-12-26/h3-5,7-9,15-16H,6,10-14H2,1-2H3. The molecule has 6 nitrogen and oxygen atoms in total. The van der Waals surface area contributed by atoms with E-state index in [2.05, 4.69) is 4.98 Å². The van der Waals surface area contributed by atoms with Gasteiger partial charge in [0.2, 0.25) is 10.0 Å². The van der Waals surface area contributed by atoms with Crippen LogP contribution in [0.25, 0.3) is 10.9 Å². The Morgan fingerprint density at radius 2 is 1.74 bits per heavy atom. The molecule has 162 valence electrons. The van der Waals surface area contributed by atoms with Gasteiger partial charge in [-0.1, -0.05) is 23.8 Å². The highest BCUT2D eigenvalue weighted by Crippen LogP contribution is 2.21. The highest BCUT2D eigenvalue weighted by molar-refractivity contribution is 7.89. The van der Waals surface area contributed by atoms with Gasteiger partial charge in [-0.05, 0) is 56.2 Å². The van der Waals surface area contributed by atoms with Gasteiger partial charge in [0, 0.05) is 36.2 Å². The van der Waals surface area contributed by atoms with Crippen LogP contribution in [0.2, 0.25) is 0 Å². The number of ether oxygens (including phenoxy) is 1. The van der Waals surface area contributed by atoms with Crippen molar-refractivity contribution in [3.05, 3.63) is 70.9 Å². The van der Waals surface area contributed by atoms with Gasteiger partial charge in [-0.2, -0.15) is 4.31 Å². The molecule has 0 bridgehead atoms. The number of rotatable bonds is 6. The number of hydrogen-bond acceptors (Lipinski definition) is 5. The van der Waals surface area contributed by atoms with E-state index in [1.807, 2.05) is 38.1 Å². The number of ketones is 1. The molecule has 0 amide bonds. The number of sulfonamides is 1. The van der Waals surface area contributed by atoms with E-state index in [9.17, 15) is 13.2 Å². The Morgan fingerprint density at radius 3 is 2.45 bits per heavy atom. The van der Waals surface area contributed by atoms with Crippen LogP contribution < -0.4 is 0 Å². The summed E-state index contributed by atoms with van der Waals surface area (Å²) in [4.78, 5) is 17.7. The number of aromatic nitrogens is 1. The fraction of sp³-hybridized carbons (Fsp3) is 0.333. The molecule has 4 rings (SSSR count). The molecular weight excluding hydrogens is 412 g/mol. The zero-order chi connectivity index (χ0) is 22.0. The highest BCUT2D eigenvalue weighted by atomic mass is 32.2. The number of nitrogens with zero attached hydrogens (tertiary/aromatic N) is 2. The molecule has 1 aromatic heterocycles. The van der Waals surface area contributed by atoms with Crippen LogP contribution in [0.15, 0.2) is 53.4 Å². The lowest BCUT2D eigenvalue weighted by Crippen LogP contribution is -2.40. The van der Waals surface area contributed by atoms with E-state index in [1.54, 1.807) is 24.3 Å². The molecule has 2 aromatic carbocycles. The van der Waals surface area contributed by atoms with Crippen molar-refractivity contribution in [2.75, 3.05) is 26.3 Å². The normalized spacial score (nSPS) is 15.3. The molecule has 2 heterocycles. The number of pyridine rings is 1. The van der Waals surface area contributed by atoms with Crippen molar-refractivity contribution >= 4 is 26.7 Å². The number of carbonyl (C=O) groups excluding carboxylic acids is 1. The van der Waals surface area contributed by atoms with Crippen LogP contribution in [0.5, 0.6) is 0 Å². The zero-order valence-electron chi connectivity index (χ0n) is 17.8. The first kappa shape index (κ1) is 21.6. The van der Waals surface area contributed by atoms with Crippen LogP contribution in [-0.2, 0) is 21.2 Å². The second-order valence-electron chi connectivity index (χ2n) is 7.90. The van der Waals surface area contributed by atoms with E-state index in [4.69, 9.17) is 4.74 Å². The highest BCUT2D eigenvalue weighted by Gasteiger charge is 2.26. The van der Waals surface area contributed by atoms with Gasteiger partial charge in [0.15, 0.2) is 5.78 Å². The molecule has 0 unspecified atom stereocenters. The summed E-state index contributed by atoms with van der Waals surface area (Å²) in [6.07, 6.45) is 0.886. The average molecular weight is 439 g/mol. The third kappa shape index (κ3) is 4.69. The first-order valence-corrected chi connectivity index (χ1v) is 11.9. The number of Topliss-reactive ketones (excluding diaryl/α,β-unsaturated/α-hetero) is 1. The van der Waals surface area contributed by atoms with Gasteiger partial charge in [0.25, 0.3) is 0 Å². The fourth-order valence-corrected chi connectivity index (χ4v) is 5.24. The fourth-order valence-electron chi connectivity index (χ4n) is 3.83. The molecular formula is C24H26N2O4S. The summed E-state index contributed by atoms with van der Waals surface area (Å²) in [5, 5.41) is 0.964. The van der Waals surface area contributed by atoms with Crippen molar-refractivity contribution in [2.24, 2.45) is 0 Å². The van der Waals surface area contributed by atoms with Crippen molar-refractivity contribution in [2.45, 2.75) is 31.6 Å². The van der Waals surface area contributed by atoms with Crippen LogP contribution in [0.3, 0.4) is 0 Å². The lowest BCUT2D eigenvalue weighted by Gasteiger charge is -2.26. The molecule has 0 radical (unpaired) electrons. The maximum atomic E-state index is 12.8. The molecule has 1 aliphatic rings. The van der Waals surface area contributed by atoms with Gasteiger partial charge in [-0.25, -0.2) is 8.42 Å². The van der Waals surface area contributed by atoms with E-state index in [-0.39, 0.29) is 10.7 Å². The predicted molar refractivity (Wildman–Crippen MR) is 120 cm³/mol. The van der Waals surface area contributed by atoms with Gasteiger partial charge in [-0.15, -0.1) is 0 Å². The Hall–Kier alpha value is -2.61. The van der Waals surface area contributed by atoms with Crippen molar-refractivity contribution in [3.8, 4) is 0 Å². The second kappa shape index (κ2) is 8.86. The Balaban J connectivity index is 1.45. The monoisotopic (exact) mass is 438 g/mol. The molecule has 0 N–H and O–H groups in total. The first-order chi connectivity index (χ1) is 14.8. The zero-order valence-corrected chi connectivity index (χ0v) is 18.6. The third-order valence-corrected chi connectivity index (χ3v) is 7.55. The molecule has 31 heavy (non-hydrogen) atoms. The summed E-state index contributed by atoms with van der Waals surface area (Å²) < 4.78 is 32.1. The number of carbonyl (C=O) groups is 1. The summed E-state index contributed by atoms with van der Waals surface area (Å²) >= 11 is 0. The van der Waals surface area contributed by atoms with E-state index < -0.39 is 10.0 Å². The lowest BCUT2D eigenvalue weighted by molar-refractivity contribution is 0.0730.